The minimum Gasteiger partial charge on any atom is -0.338 e. The summed E-state index contributed by atoms with van der Waals surface area (Å²) in [6, 6.07) is 0. The molecule has 0 spiro atoms. The number of hydrogen-bond donors (Lipinski definition) is 0. The molecule has 0 saturated carbocycles. The number of alkyl halides is 1. The van der Waals surface area contributed by atoms with E-state index in [2.05, 4.69) is 5.10 Å². The molecule has 4 nitrogen and oxygen atoms in total. The Bertz CT molecular complexity index is 468. The molecule has 19 heavy (non-hydrogen) atoms. The fourth-order valence-electron chi connectivity index (χ4n) is 2.88. The van der Waals surface area contributed by atoms with E-state index in [4.69, 9.17) is 11.6 Å². The first-order chi connectivity index (χ1) is 9.04. The smallest absolute Gasteiger partial charge is 0.257 e. The van der Waals surface area contributed by atoms with Crippen molar-refractivity contribution in [1.29, 1.82) is 0 Å². The SMILES string of the molecule is Cc1nn(C)c(C)c1C(=O)N1CCCC(CCCl)C1. The summed E-state index contributed by atoms with van der Waals surface area (Å²) >= 11 is 5.82. The maximum absolute atomic E-state index is 12.6. The van der Waals surface area contributed by atoms with Gasteiger partial charge in [-0.15, -0.1) is 11.6 Å². The quantitative estimate of drug-likeness (QED) is 0.800. The Balaban J connectivity index is 2.15. The number of nitrogens with zero attached hydrogens (tertiary/aromatic N) is 3. The van der Waals surface area contributed by atoms with Gasteiger partial charge in [-0.25, -0.2) is 0 Å². The molecular weight excluding hydrogens is 262 g/mol. The Morgan fingerprint density at radius 1 is 1.47 bits per heavy atom. The zero-order valence-corrected chi connectivity index (χ0v) is 12.7. The summed E-state index contributed by atoms with van der Waals surface area (Å²) in [6.07, 6.45) is 3.25. The summed E-state index contributed by atoms with van der Waals surface area (Å²) in [4.78, 5) is 14.6. The number of carbonyl (C=O) groups is 1. The summed E-state index contributed by atoms with van der Waals surface area (Å²) in [5.41, 5.74) is 2.54. The molecule has 0 N–H and O–H groups in total. The first-order valence-electron chi connectivity index (χ1n) is 6.90. The van der Waals surface area contributed by atoms with Crippen molar-refractivity contribution in [3.8, 4) is 0 Å². The van der Waals surface area contributed by atoms with Crippen LogP contribution in [0.5, 0.6) is 0 Å². The third-order valence-corrected chi connectivity index (χ3v) is 4.26. The molecule has 1 amide bonds. The number of aryl methyl sites for hydroxylation is 2. The zero-order chi connectivity index (χ0) is 14.0. The topological polar surface area (TPSA) is 38.1 Å². The number of hydrogen-bond acceptors (Lipinski definition) is 2. The molecule has 1 aromatic rings. The lowest BCUT2D eigenvalue weighted by Crippen LogP contribution is -2.40. The van der Waals surface area contributed by atoms with Crippen LogP contribution < -0.4 is 0 Å². The van der Waals surface area contributed by atoms with Crippen LogP contribution in [0.25, 0.3) is 0 Å². The Morgan fingerprint density at radius 2 is 2.21 bits per heavy atom. The number of amides is 1. The molecule has 0 aromatic carbocycles. The van der Waals surface area contributed by atoms with E-state index in [9.17, 15) is 4.79 Å². The minimum absolute atomic E-state index is 0.127. The monoisotopic (exact) mass is 283 g/mol. The summed E-state index contributed by atoms with van der Waals surface area (Å²) in [6.45, 7) is 5.54. The van der Waals surface area contributed by atoms with Crippen LogP contribution in [-0.2, 0) is 7.05 Å². The molecule has 5 heteroatoms. The van der Waals surface area contributed by atoms with Crippen molar-refractivity contribution in [1.82, 2.24) is 14.7 Å². The molecule has 0 aliphatic carbocycles. The second-order valence-corrected chi connectivity index (χ2v) is 5.78. The van der Waals surface area contributed by atoms with Crippen LogP contribution in [0.3, 0.4) is 0 Å². The third kappa shape index (κ3) is 2.94. The summed E-state index contributed by atoms with van der Waals surface area (Å²) < 4.78 is 1.78. The number of likely N-dealkylation sites (tertiary alicyclic amines) is 1. The summed E-state index contributed by atoms with van der Waals surface area (Å²) in [5.74, 6) is 1.35. The van der Waals surface area contributed by atoms with Crippen molar-refractivity contribution in [3.63, 3.8) is 0 Å². The molecule has 1 fully saturated rings. The van der Waals surface area contributed by atoms with Gasteiger partial charge in [0.15, 0.2) is 0 Å². The highest BCUT2D eigenvalue weighted by Crippen LogP contribution is 2.23. The fraction of sp³-hybridized carbons (Fsp3) is 0.714. The molecule has 1 saturated heterocycles. The molecular formula is C14H22ClN3O. The van der Waals surface area contributed by atoms with E-state index in [1.165, 1.54) is 6.42 Å². The van der Waals surface area contributed by atoms with Crippen LogP contribution in [0, 0.1) is 19.8 Å². The van der Waals surface area contributed by atoms with Crippen molar-refractivity contribution < 1.29 is 4.79 Å². The second kappa shape index (κ2) is 5.95. The van der Waals surface area contributed by atoms with E-state index in [-0.39, 0.29) is 5.91 Å². The molecule has 1 atom stereocenters. The van der Waals surface area contributed by atoms with Gasteiger partial charge in [0, 0.05) is 31.7 Å². The Hall–Kier alpha value is -1.03. The number of piperidine rings is 1. The standard InChI is InChI=1S/C14H22ClN3O/c1-10-13(11(2)17(3)16-10)14(19)18-8-4-5-12(9-18)6-7-15/h12H,4-9H2,1-3H3. The number of carbonyl (C=O) groups excluding carboxylic acids is 1. The van der Waals surface area contributed by atoms with Gasteiger partial charge in [0.2, 0.25) is 0 Å². The van der Waals surface area contributed by atoms with Crippen molar-refractivity contribution in [2.45, 2.75) is 33.1 Å². The average Bonchev–Trinajstić information content (AvgIpc) is 2.63. The molecule has 1 unspecified atom stereocenters. The van der Waals surface area contributed by atoms with Gasteiger partial charge in [0.1, 0.15) is 0 Å². The Kier molecular flexibility index (Phi) is 4.50. The average molecular weight is 284 g/mol. The van der Waals surface area contributed by atoms with E-state index in [0.29, 0.717) is 11.8 Å². The van der Waals surface area contributed by atoms with Gasteiger partial charge in [-0.2, -0.15) is 5.10 Å². The predicted molar refractivity (Wildman–Crippen MR) is 76.6 cm³/mol. The van der Waals surface area contributed by atoms with Gasteiger partial charge in [-0.1, -0.05) is 0 Å². The highest BCUT2D eigenvalue weighted by atomic mass is 35.5. The van der Waals surface area contributed by atoms with Gasteiger partial charge >= 0.3 is 0 Å². The van der Waals surface area contributed by atoms with Gasteiger partial charge in [0.25, 0.3) is 5.91 Å². The van der Waals surface area contributed by atoms with E-state index in [0.717, 1.165) is 42.9 Å². The van der Waals surface area contributed by atoms with Gasteiger partial charge in [-0.3, -0.25) is 9.48 Å². The van der Waals surface area contributed by atoms with E-state index in [1.54, 1.807) is 4.68 Å². The molecule has 0 bridgehead atoms. The lowest BCUT2D eigenvalue weighted by atomic mass is 9.95. The molecule has 1 aromatic heterocycles. The van der Waals surface area contributed by atoms with Crippen LogP contribution in [0.1, 0.15) is 41.0 Å². The van der Waals surface area contributed by atoms with E-state index < -0.39 is 0 Å². The van der Waals surface area contributed by atoms with Gasteiger partial charge < -0.3 is 4.90 Å². The Morgan fingerprint density at radius 3 is 2.79 bits per heavy atom. The number of rotatable bonds is 3. The molecule has 106 valence electrons. The number of aromatic nitrogens is 2. The molecule has 0 radical (unpaired) electrons. The number of halogens is 1. The predicted octanol–water partition coefficient (Wildman–Crippen LogP) is 2.52. The third-order valence-electron chi connectivity index (χ3n) is 4.05. The summed E-state index contributed by atoms with van der Waals surface area (Å²) in [5, 5.41) is 4.33. The normalized spacial score (nSPS) is 19.8. The first kappa shape index (κ1) is 14.4. The van der Waals surface area contributed by atoms with Crippen molar-refractivity contribution in [3.05, 3.63) is 17.0 Å². The van der Waals surface area contributed by atoms with E-state index in [1.807, 2.05) is 25.8 Å². The fourth-order valence-corrected chi connectivity index (χ4v) is 3.19. The van der Waals surface area contributed by atoms with Crippen LogP contribution in [-0.4, -0.2) is 39.6 Å². The highest BCUT2D eigenvalue weighted by Gasteiger charge is 2.27. The molecule has 1 aliphatic rings. The van der Waals surface area contributed by atoms with Crippen LogP contribution >= 0.6 is 11.6 Å². The lowest BCUT2D eigenvalue weighted by Gasteiger charge is -2.32. The largest absolute Gasteiger partial charge is 0.338 e. The Labute approximate surface area is 119 Å². The van der Waals surface area contributed by atoms with Gasteiger partial charge in [0.05, 0.1) is 11.3 Å². The lowest BCUT2D eigenvalue weighted by molar-refractivity contribution is 0.0670. The van der Waals surface area contributed by atoms with Crippen LogP contribution in [0.4, 0.5) is 0 Å². The second-order valence-electron chi connectivity index (χ2n) is 5.41. The molecule has 2 rings (SSSR count). The van der Waals surface area contributed by atoms with Gasteiger partial charge in [-0.05, 0) is 39.0 Å². The van der Waals surface area contributed by atoms with Crippen LogP contribution in [0.15, 0.2) is 0 Å². The minimum atomic E-state index is 0.127. The van der Waals surface area contributed by atoms with Crippen LogP contribution in [0.2, 0.25) is 0 Å². The first-order valence-corrected chi connectivity index (χ1v) is 7.43. The maximum Gasteiger partial charge on any atom is 0.257 e. The summed E-state index contributed by atoms with van der Waals surface area (Å²) in [7, 11) is 1.88. The highest BCUT2D eigenvalue weighted by molar-refractivity contribution is 6.17. The van der Waals surface area contributed by atoms with Crippen molar-refractivity contribution in [2.24, 2.45) is 13.0 Å². The zero-order valence-electron chi connectivity index (χ0n) is 11.9. The molecule has 2 heterocycles. The maximum atomic E-state index is 12.6. The van der Waals surface area contributed by atoms with E-state index >= 15 is 0 Å². The van der Waals surface area contributed by atoms with Crippen molar-refractivity contribution in [2.75, 3.05) is 19.0 Å². The van der Waals surface area contributed by atoms with Crippen molar-refractivity contribution >= 4 is 17.5 Å². The molecule has 1 aliphatic heterocycles.